The highest BCUT2D eigenvalue weighted by Gasteiger charge is 2.49. The van der Waals surface area contributed by atoms with E-state index < -0.39 is 29.1 Å². The Kier molecular flexibility index (Phi) is 5.62. The SMILES string of the molecule is CNC(=O)C1=NCNC1(C(N)=O)c1ccc(NC(=O)c2ccc(F)c(Cl)c2)cc1. The number of anilines is 1. The number of nitrogens with one attached hydrogen (secondary N) is 3. The lowest BCUT2D eigenvalue weighted by atomic mass is 9.84. The van der Waals surface area contributed by atoms with E-state index in [1.54, 1.807) is 24.3 Å². The number of amides is 3. The molecule has 150 valence electrons. The molecule has 0 aliphatic carbocycles. The van der Waals surface area contributed by atoms with E-state index in [0.29, 0.717) is 11.3 Å². The predicted octanol–water partition coefficient (Wildman–Crippen LogP) is 1.16. The summed E-state index contributed by atoms with van der Waals surface area (Å²) in [6.07, 6.45) is 0. The van der Waals surface area contributed by atoms with E-state index in [1.807, 2.05) is 0 Å². The van der Waals surface area contributed by atoms with Gasteiger partial charge in [-0.1, -0.05) is 23.7 Å². The molecule has 1 aliphatic rings. The molecule has 1 heterocycles. The van der Waals surface area contributed by atoms with Gasteiger partial charge >= 0.3 is 0 Å². The lowest BCUT2D eigenvalue weighted by molar-refractivity contribution is -0.123. The van der Waals surface area contributed by atoms with Crippen molar-refractivity contribution in [2.45, 2.75) is 5.54 Å². The van der Waals surface area contributed by atoms with Crippen LogP contribution < -0.4 is 21.7 Å². The van der Waals surface area contributed by atoms with Crippen LogP contribution in [0, 0.1) is 5.82 Å². The van der Waals surface area contributed by atoms with Crippen molar-refractivity contribution in [3.63, 3.8) is 0 Å². The van der Waals surface area contributed by atoms with Crippen LogP contribution in [-0.2, 0) is 15.1 Å². The number of benzene rings is 2. The van der Waals surface area contributed by atoms with Gasteiger partial charge in [-0.25, -0.2) is 4.39 Å². The summed E-state index contributed by atoms with van der Waals surface area (Å²) in [6.45, 7) is 0.0511. The fraction of sp³-hybridized carbons (Fsp3) is 0.158. The molecule has 1 aliphatic heterocycles. The fourth-order valence-electron chi connectivity index (χ4n) is 3.03. The van der Waals surface area contributed by atoms with Crippen molar-refractivity contribution in [2.24, 2.45) is 10.7 Å². The molecule has 1 atom stereocenters. The largest absolute Gasteiger partial charge is 0.367 e. The van der Waals surface area contributed by atoms with Crippen molar-refractivity contribution in [3.8, 4) is 0 Å². The summed E-state index contributed by atoms with van der Waals surface area (Å²) >= 11 is 5.70. The van der Waals surface area contributed by atoms with Crippen LogP contribution >= 0.6 is 11.6 Å². The van der Waals surface area contributed by atoms with Gasteiger partial charge in [-0.05, 0) is 35.9 Å². The zero-order valence-corrected chi connectivity index (χ0v) is 16.0. The number of nitrogens with two attached hydrogens (primary N) is 1. The molecular formula is C19H17ClFN5O3. The maximum Gasteiger partial charge on any atom is 0.267 e. The summed E-state index contributed by atoms with van der Waals surface area (Å²) in [5.41, 5.74) is 4.97. The van der Waals surface area contributed by atoms with Gasteiger partial charge < -0.3 is 16.4 Å². The smallest absolute Gasteiger partial charge is 0.267 e. The number of halogens is 2. The van der Waals surface area contributed by atoms with Crippen LogP contribution in [-0.4, -0.2) is 37.1 Å². The number of nitrogens with zero attached hydrogens (tertiary/aromatic N) is 1. The van der Waals surface area contributed by atoms with E-state index in [-0.39, 0.29) is 23.0 Å². The van der Waals surface area contributed by atoms with Crippen molar-refractivity contribution in [2.75, 3.05) is 19.0 Å². The average Bonchev–Trinajstić information content (AvgIpc) is 3.16. The van der Waals surface area contributed by atoms with Gasteiger partial charge in [0.15, 0.2) is 5.54 Å². The Bertz CT molecular complexity index is 1030. The van der Waals surface area contributed by atoms with Crippen LogP contribution in [0.4, 0.5) is 10.1 Å². The monoisotopic (exact) mass is 417 g/mol. The summed E-state index contributed by atoms with van der Waals surface area (Å²) in [5, 5.41) is 7.79. The highest BCUT2D eigenvalue weighted by Crippen LogP contribution is 2.28. The van der Waals surface area contributed by atoms with Crippen molar-refractivity contribution in [3.05, 3.63) is 64.4 Å². The number of primary amides is 1. The zero-order valence-electron chi connectivity index (χ0n) is 15.3. The van der Waals surface area contributed by atoms with E-state index in [9.17, 15) is 18.8 Å². The molecule has 0 fully saturated rings. The predicted molar refractivity (Wildman–Crippen MR) is 106 cm³/mol. The molecule has 2 aromatic rings. The van der Waals surface area contributed by atoms with Gasteiger partial charge in [0.2, 0.25) is 5.91 Å². The van der Waals surface area contributed by atoms with E-state index in [0.717, 1.165) is 6.07 Å². The van der Waals surface area contributed by atoms with Gasteiger partial charge in [0.05, 0.1) is 11.7 Å². The minimum Gasteiger partial charge on any atom is -0.367 e. The second kappa shape index (κ2) is 7.98. The Hall–Kier alpha value is -3.30. The maximum atomic E-state index is 13.3. The first-order valence-corrected chi connectivity index (χ1v) is 8.86. The minimum absolute atomic E-state index is 0.0368. The molecule has 0 saturated heterocycles. The van der Waals surface area contributed by atoms with Gasteiger partial charge in [0, 0.05) is 18.3 Å². The molecule has 0 saturated carbocycles. The number of hydrogen-bond acceptors (Lipinski definition) is 5. The van der Waals surface area contributed by atoms with Gasteiger partial charge in [0.25, 0.3) is 11.8 Å². The van der Waals surface area contributed by atoms with Crippen LogP contribution in [0.1, 0.15) is 15.9 Å². The van der Waals surface area contributed by atoms with E-state index in [4.69, 9.17) is 17.3 Å². The molecular weight excluding hydrogens is 401 g/mol. The third-order valence-corrected chi connectivity index (χ3v) is 4.80. The summed E-state index contributed by atoms with van der Waals surface area (Å²) in [5.74, 6) is -2.42. The molecule has 0 aromatic heterocycles. The molecule has 0 bridgehead atoms. The lowest BCUT2D eigenvalue weighted by Crippen LogP contribution is -2.58. The van der Waals surface area contributed by atoms with Crippen LogP contribution in [0.15, 0.2) is 47.5 Å². The summed E-state index contributed by atoms with van der Waals surface area (Å²) < 4.78 is 13.3. The molecule has 3 amide bonds. The number of carbonyl (C=O) groups is 3. The summed E-state index contributed by atoms with van der Waals surface area (Å²) in [7, 11) is 1.43. The van der Waals surface area contributed by atoms with Crippen molar-refractivity contribution in [1.29, 1.82) is 0 Å². The number of hydrogen-bond donors (Lipinski definition) is 4. The van der Waals surface area contributed by atoms with Gasteiger partial charge in [0.1, 0.15) is 11.5 Å². The van der Waals surface area contributed by atoms with Crippen molar-refractivity contribution >= 4 is 40.7 Å². The third-order valence-electron chi connectivity index (χ3n) is 4.51. The molecule has 0 radical (unpaired) electrons. The molecule has 10 heteroatoms. The third kappa shape index (κ3) is 3.69. The normalized spacial score (nSPS) is 18.1. The quantitative estimate of drug-likeness (QED) is 0.582. The maximum absolute atomic E-state index is 13.3. The van der Waals surface area contributed by atoms with Gasteiger partial charge in [-0.2, -0.15) is 0 Å². The number of rotatable bonds is 5. The summed E-state index contributed by atoms with van der Waals surface area (Å²) in [4.78, 5) is 40.8. The van der Waals surface area contributed by atoms with E-state index in [2.05, 4.69) is 20.9 Å². The van der Waals surface area contributed by atoms with Crippen LogP contribution in [0.25, 0.3) is 0 Å². The number of aliphatic imine (C=N–C) groups is 1. The highest BCUT2D eigenvalue weighted by atomic mass is 35.5. The van der Waals surface area contributed by atoms with Crippen LogP contribution in [0.3, 0.4) is 0 Å². The van der Waals surface area contributed by atoms with Crippen LogP contribution in [0.5, 0.6) is 0 Å². The minimum atomic E-state index is -1.58. The van der Waals surface area contributed by atoms with Crippen LogP contribution in [0.2, 0.25) is 5.02 Å². The summed E-state index contributed by atoms with van der Waals surface area (Å²) in [6, 6.07) is 9.82. The molecule has 2 aromatic carbocycles. The molecule has 8 nitrogen and oxygen atoms in total. The molecule has 3 rings (SSSR count). The molecule has 1 unspecified atom stereocenters. The standard InChI is InChI=1S/C19H17ClFN5O3/c1-23-17(28)15-19(18(22)29,25-9-24-15)11-3-5-12(6-4-11)26-16(27)10-2-7-14(21)13(20)8-10/h2-8,25H,9H2,1H3,(H2,22,29)(H,23,28)(H,26,27). The van der Waals surface area contributed by atoms with E-state index in [1.165, 1.54) is 19.2 Å². The molecule has 5 N–H and O–H groups in total. The first-order valence-electron chi connectivity index (χ1n) is 8.48. The van der Waals surface area contributed by atoms with Gasteiger partial charge in [-0.15, -0.1) is 0 Å². The lowest BCUT2D eigenvalue weighted by Gasteiger charge is -2.27. The Morgan fingerprint density at radius 2 is 1.86 bits per heavy atom. The first kappa shape index (κ1) is 20.4. The topological polar surface area (TPSA) is 126 Å². The second-order valence-corrected chi connectivity index (χ2v) is 6.60. The number of carbonyl (C=O) groups excluding carboxylic acids is 3. The molecule has 29 heavy (non-hydrogen) atoms. The Morgan fingerprint density at radius 3 is 2.45 bits per heavy atom. The highest BCUT2D eigenvalue weighted by molar-refractivity contribution is 6.47. The van der Waals surface area contributed by atoms with E-state index >= 15 is 0 Å². The average molecular weight is 418 g/mol. The van der Waals surface area contributed by atoms with Gasteiger partial charge in [-0.3, -0.25) is 24.7 Å². The Morgan fingerprint density at radius 1 is 1.17 bits per heavy atom. The Labute approximate surface area is 170 Å². The van der Waals surface area contributed by atoms with Crippen molar-refractivity contribution < 1.29 is 18.8 Å². The first-order chi connectivity index (χ1) is 13.8. The molecule has 0 spiro atoms. The zero-order chi connectivity index (χ0) is 21.2. The second-order valence-electron chi connectivity index (χ2n) is 6.20. The fourth-order valence-corrected chi connectivity index (χ4v) is 3.21. The van der Waals surface area contributed by atoms with Crippen molar-refractivity contribution in [1.82, 2.24) is 10.6 Å². The Balaban J connectivity index is 1.86.